The predicted molar refractivity (Wildman–Crippen MR) is 59.6 cm³/mol. The van der Waals surface area contributed by atoms with Crippen LogP contribution in [0.15, 0.2) is 0 Å². The number of likely N-dealkylation sites (N-methyl/N-ethyl adjacent to an activating group) is 1. The lowest BCUT2D eigenvalue weighted by atomic mass is 10.3. The van der Waals surface area contributed by atoms with Gasteiger partial charge in [0.1, 0.15) is 5.69 Å². The number of rotatable bonds is 5. The molecule has 1 N–H and O–H groups in total. The highest BCUT2D eigenvalue weighted by molar-refractivity contribution is 5.61. The molecular formula is C9H16N4O3. The maximum atomic E-state index is 11.0. The van der Waals surface area contributed by atoms with Crippen LogP contribution in [0, 0.1) is 10.1 Å². The Labute approximate surface area is 93.4 Å². The summed E-state index contributed by atoms with van der Waals surface area (Å²) in [7, 11) is 3.36. The van der Waals surface area contributed by atoms with Gasteiger partial charge in [-0.25, -0.2) is 4.68 Å². The van der Waals surface area contributed by atoms with Gasteiger partial charge < -0.3 is 10.0 Å². The van der Waals surface area contributed by atoms with Crippen molar-refractivity contribution in [3.63, 3.8) is 0 Å². The Hall–Kier alpha value is -1.63. The normalized spacial score (nSPS) is 10.5. The molecule has 0 spiro atoms. The fourth-order valence-corrected chi connectivity index (χ4v) is 1.67. The van der Waals surface area contributed by atoms with Crippen molar-refractivity contribution in [2.24, 2.45) is 7.05 Å². The van der Waals surface area contributed by atoms with Crippen LogP contribution in [-0.4, -0.2) is 40.0 Å². The van der Waals surface area contributed by atoms with Crippen molar-refractivity contribution in [1.29, 1.82) is 0 Å². The maximum absolute atomic E-state index is 11.0. The summed E-state index contributed by atoms with van der Waals surface area (Å²) >= 11 is 0. The van der Waals surface area contributed by atoms with Gasteiger partial charge in [-0.15, -0.1) is 0 Å². The minimum atomic E-state index is -0.422. The third-order valence-electron chi connectivity index (χ3n) is 2.38. The minimum Gasteiger partial charge on any atom is -0.395 e. The summed E-state index contributed by atoms with van der Waals surface area (Å²) in [5.74, 6) is 0.427. The van der Waals surface area contributed by atoms with Crippen LogP contribution < -0.4 is 4.90 Å². The number of aliphatic hydroxyl groups is 1. The Morgan fingerprint density at radius 1 is 1.62 bits per heavy atom. The molecule has 0 radical (unpaired) electrons. The van der Waals surface area contributed by atoms with Crippen LogP contribution in [0.5, 0.6) is 0 Å². The molecule has 7 nitrogen and oxygen atoms in total. The largest absolute Gasteiger partial charge is 0.395 e. The molecule has 0 saturated carbocycles. The van der Waals surface area contributed by atoms with Crippen molar-refractivity contribution in [3.05, 3.63) is 15.8 Å². The molecule has 0 aliphatic rings. The Bertz CT molecular complexity index is 388. The van der Waals surface area contributed by atoms with Crippen LogP contribution in [0.25, 0.3) is 0 Å². The van der Waals surface area contributed by atoms with Crippen molar-refractivity contribution in [3.8, 4) is 0 Å². The highest BCUT2D eigenvalue weighted by Gasteiger charge is 2.27. The molecule has 0 aliphatic heterocycles. The number of hydrogen-bond donors (Lipinski definition) is 1. The molecular weight excluding hydrogens is 212 g/mol. The van der Waals surface area contributed by atoms with E-state index in [4.69, 9.17) is 5.11 Å². The van der Waals surface area contributed by atoms with Crippen LogP contribution in [-0.2, 0) is 13.5 Å². The lowest BCUT2D eigenvalue weighted by Crippen LogP contribution is -2.24. The first kappa shape index (κ1) is 12.4. The van der Waals surface area contributed by atoms with Gasteiger partial charge in [0.15, 0.2) is 0 Å². The molecule has 1 aromatic heterocycles. The molecule has 0 aliphatic carbocycles. The summed E-state index contributed by atoms with van der Waals surface area (Å²) < 4.78 is 1.48. The average Bonchev–Trinajstić information content (AvgIpc) is 2.55. The first-order chi connectivity index (χ1) is 7.52. The molecule has 90 valence electrons. The summed E-state index contributed by atoms with van der Waals surface area (Å²) in [5.41, 5.74) is 0.494. The van der Waals surface area contributed by atoms with Gasteiger partial charge in [-0.05, 0) is 6.42 Å². The summed E-state index contributed by atoms with van der Waals surface area (Å²) in [4.78, 5) is 12.2. The number of aliphatic hydroxyl groups excluding tert-OH is 1. The quantitative estimate of drug-likeness (QED) is 0.579. The van der Waals surface area contributed by atoms with Crippen LogP contribution in [0.3, 0.4) is 0 Å². The van der Waals surface area contributed by atoms with Crippen molar-refractivity contribution < 1.29 is 10.0 Å². The zero-order valence-electron chi connectivity index (χ0n) is 9.67. The second-order valence-electron chi connectivity index (χ2n) is 3.50. The first-order valence-corrected chi connectivity index (χ1v) is 5.05. The van der Waals surface area contributed by atoms with E-state index in [0.29, 0.717) is 24.5 Å². The standard InChI is InChI=1S/C9H16N4O3/c1-4-7-8(13(15)16)9(12(3)10-7)11(2)5-6-14/h14H,4-6H2,1-3H3. The molecule has 0 aromatic carbocycles. The lowest BCUT2D eigenvalue weighted by molar-refractivity contribution is -0.384. The number of anilines is 1. The molecule has 0 amide bonds. The Morgan fingerprint density at radius 2 is 2.25 bits per heavy atom. The first-order valence-electron chi connectivity index (χ1n) is 5.05. The van der Waals surface area contributed by atoms with E-state index in [2.05, 4.69) is 5.10 Å². The summed E-state index contributed by atoms with van der Waals surface area (Å²) in [6, 6.07) is 0. The highest BCUT2D eigenvalue weighted by Crippen LogP contribution is 2.30. The van der Waals surface area contributed by atoms with E-state index in [9.17, 15) is 10.1 Å². The van der Waals surface area contributed by atoms with Crippen LogP contribution in [0.1, 0.15) is 12.6 Å². The van der Waals surface area contributed by atoms with E-state index in [1.54, 1.807) is 19.0 Å². The zero-order valence-corrected chi connectivity index (χ0v) is 9.67. The molecule has 16 heavy (non-hydrogen) atoms. The van der Waals surface area contributed by atoms with E-state index in [1.807, 2.05) is 6.92 Å². The predicted octanol–water partition coefficient (Wildman–Crippen LogP) is 0.319. The number of hydrogen-bond acceptors (Lipinski definition) is 5. The summed E-state index contributed by atoms with van der Waals surface area (Å²) in [6.07, 6.45) is 0.511. The Kier molecular flexibility index (Phi) is 3.83. The Balaban J connectivity index is 3.25. The van der Waals surface area contributed by atoms with Gasteiger partial charge in [0.05, 0.1) is 11.5 Å². The SMILES string of the molecule is CCc1nn(C)c(N(C)CCO)c1[N+](=O)[O-]. The van der Waals surface area contributed by atoms with Gasteiger partial charge in [-0.1, -0.05) is 6.92 Å². The zero-order chi connectivity index (χ0) is 12.3. The number of nitrogens with zero attached hydrogens (tertiary/aromatic N) is 4. The number of aromatic nitrogens is 2. The fourth-order valence-electron chi connectivity index (χ4n) is 1.67. The fraction of sp³-hybridized carbons (Fsp3) is 0.667. The van der Waals surface area contributed by atoms with Crippen LogP contribution in [0.2, 0.25) is 0 Å². The van der Waals surface area contributed by atoms with Crippen LogP contribution >= 0.6 is 0 Å². The molecule has 1 heterocycles. The van der Waals surface area contributed by atoms with Gasteiger partial charge >= 0.3 is 5.69 Å². The number of nitro groups is 1. The lowest BCUT2D eigenvalue weighted by Gasteiger charge is -2.16. The van der Waals surface area contributed by atoms with Gasteiger partial charge in [0, 0.05) is 20.6 Å². The average molecular weight is 228 g/mol. The van der Waals surface area contributed by atoms with Crippen molar-refractivity contribution in [1.82, 2.24) is 9.78 Å². The monoisotopic (exact) mass is 228 g/mol. The van der Waals surface area contributed by atoms with Crippen molar-refractivity contribution in [2.75, 3.05) is 25.1 Å². The third kappa shape index (κ3) is 2.13. The topological polar surface area (TPSA) is 84.4 Å². The maximum Gasteiger partial charge on any atom is 0.334 e. The van der Waals surface area contributed by atoms with Crippen molar-refractivity contribution >= 4 is 11.5 Å². The van der Waals surface area contributed by atoms with Crippen molar-refractivity contribution in [2.45, 2.75) is 13.3 Å². The third-order valence-corrected chi connectivity index (χ3v) is 2.38. The molecule has 1 rings (SSSR count). The van der Waals surface area contributed by atoms with E-state index >= 15 is 0 Å². The summed E-state index contributed by atoms with van der Waals surface area (Å²) in [5, 5.41) is 23.9. The molecule has 1 aromatic rings. The molecule has 7 heteroatoms. The van der Waals surface area contributed by atoms with Gasteiger partial charge in [0.2, 0.25) is 5.82 Å². The van der Waals surface area contributed by atoms with Gasteiger partial charge in [-0.2, -0.15) is 5.10 Å². The smallest absolute Gasteiger partial charge is 0.334 e. The minimum absolute atomic E-state index is 0.0287. The van der Waals surface area contributed by atoms with Gasteiger partial charge in [-0.3, -0.25) is 10.1 Å². The molecule has 0 unspecified atom stereocenters. The van der Waals surface area contributed by atoms with E-state index in [0.717, 1.165) is 0 Å². The Morgan fingerprint density at radius 3 is 2.69 bits per heavy atom. The second kappa shape index (κ2) is 4.93. The molecule has 0 fully saturated rings. The molecule has 0 saturated heterocycles. The van der Waals surface area contributed by atoms with Crippen LogP contribution in [0.4, 0.5) is 11.5 Å². The number of aryl methyl sites for hydroxylation is 2. The summed E-state index contributed by atoms with van der Waals surface area (Å²) in [6.45, 7) is 2.11. The molecule has 0 bridgehead atoms. The van der Waals surface area contributed by atoms with E-state index in [1.165, 1.54) is 4.68 Å². The highest BCUT2D eigenvalue weighted by atomic mass is 16.6. The molecule has 0 atom stereocenters. The van der Waals surface area contributed by atoms with E-state index < -0.39 is 4.92 Å². The second-order valence-corrected chi connectivity index (χ2v) is 3.50. The van der Waals surface area contributed by atoms with Gasteiger partial charge in [0.25, 0.3) is 0 Å². The van der Waals surface area contributed by atoms with E-state index in [-0.39, 0.29) is 12.3 Å².